The van der Waals surface area contributed by atoms with Gasteiger partial charge in [0.05, 0.1) is 5.69 Å². The topological polar surface area (TPSA) is 90.9 Å². The number of H-pyrrole nitrogens is 1. The summed E-state index contributed by atoms with van der Waals surface area (Å²) in [4.78, 5) is 17.5. The van der Waals surface area contributed by atoms with E-state index in [2.05, 4.69) is 27.6 Å². The molecule has 0 spiro atoms. The van der Waals surface area contributed by atoms with Crippen LogP contribution in [0.3, 0.4) is 0 Å². The van der Waals surface area contributed by atoms with Crippen LogP contribution in [-0.2, 0) is 16.8 Å². The lowest BCUT2D eigenvalue weighted by Crippen LogP contribution is -2.25. The maximum atomic E-state index is 12.8. The van der Waals surface area contributed by atoms with Crippen molar-refractivity contribution in [3.63, 3.8) is 0 Å². The second-order valence-corrected chi connectivity index (χ2v) is 9.45. The lowest BCUT2D eigenvalue weighted by Gasteiger charge is -2.23. The summed E-state index contributed by atoms with van der Waals surface area (Å²) in [6.07, 6.45) is 5.38. The average molecular weight is 431 g/mol. The Hall–Kier alpha value is -2.99. The molecule has 0 radical (unpaired) electrons. The molecule has 0 saturated heterocycles. The van der Waals surface area contributed by atoms with Gasteiger partial charge < -0.3 is 10.4 Å². The Morgan fingerprint density at radius 2 is 1.97 bits per heavy atom. The van der Waals surface area contributed by atoms with E-state index in [1.807, 2.05) is 43.3 Å². The zero-order valence-corrected chi connectivity index (χ0v) is 18.5. The van der Waals surface area contributed by atoms with Crippen LogP contribution < -0.4 is 5.32 Å². The normalized spacial score (nSPS) is 22.8. The van der Waals surface area contributed by atoms with Crippen molar-refractivity contribution in [2.75, 3.05) is 5.32 Å². The number of ketones is 1. The highest BCUT2D eigenvalue weighted by molar-refractivity contribution is 5.81. The van der Waals surface area contributed by atoms with Crippen LogP contribution >= 0.6 is 0 Å². The van der Waals surface area contributed by atoms with Gasteiger partial charge in [0.25, 0.3) is 0 Å². The van der Waals surface area contributed by atoms with E-state index < -0.39 is 5.60 Å². The zero-order chi connectivity index (χ0) is 22.1. The Bertz CT molecular complexity index is 1110. The van der Waals surface area contributed by atoms with Crippen LogP contribution in [0.25, 0.3) is 0 Å². The van der Waals surface area contributed by atoms with Crippen LogP contribution in [0.4, 0.5) is 11.6 Å². The summed E-state index contributed by atoms with van der Waals surface area (Å²) >= 11 is 0. The summed E-state index contributed by atoms with van der Waals surface area (Å²) in [5.74, 6) is 2.13. The molecule has 0 unspecified atom stereocenters. The first-order valence-electron chi connectivity index (χ1n) is 11.6. The van der Waals surface area contributed by atoms with E-state index in [1.165, 1.54) is 18.4 Å². The molecule has 2 aliphatic rings. The smallest absolute Gasteiger partial charge is 0.153 e. The molecule has 5 rings (SSSR count). The molecule has 3 N–H and O–H groups in total. The van der Waals surface area contributed by atoms with E-state index in [1.54, 1.807) is 0 Å². The van der Waals surface area contributed by atoms with Gasteiger partial charge in [-0.15, -0.1) is 0 Å². The molecule has 0 bridgehead atoms. The largest absolute Gasteiger partial charge is 0.384 e. The number of aromatic nitrogens is 3. The molecule has 2 aromatic heterocycles. The summed E-state index contributed by atoms with van der Waals surface area (Å²) in [7, 11) is 0. The van der Waals surface area contributed by atoms with Crippen molar-refractivity contribution in [2.45, 2.75) is 63.4 Å². The molecule has 6 heteroatoms. The molecule has 2 aliphatic carbocycles. The number of aliphatic hydroxyl groups is 1. The van der Waals surface area contributed by atoms with Gasteiger partial charge >= 0.3 is 0 Å². The van der Waals surface area contributed by atoms with E-state index in [0.29, 0.717) is 43.1 Å². The predicted molar refractivity (Wildman–Crippen MR) is 124 cm³/mol. The number of hydrogen-bond acceptors (Lipinski definition) is 5. The van der Waals surface area contributed by atoms with Gasteiger partial charge in [0.1, 0.15) is 17.2 Å². The SMILES string of the molecule is Cc1cc(Nc2cc(C3CC3)[nH]n2)nc([C@@]2(O)CC[C@H](C(=O)CCc3ccccc3)C2)c1. The summed E-state index contributed by atoms with van der Waals surface area (Å²) in [5, 5.41) is 22.1. The maximum absolute atomic E-state index is 12.8. The van der Waals surface area contributed by atoms with Gasteiger partial charge in [-0.2, -0.15) is 5.10 Å². The Labute approximate surface area is 188 Å². The van der Waals surface area contributed by atoms with Gasteiger partial charge in [-0.05, 0) is 68.7 Å². The van der Waals surface area contributed by atoms with Crippen molar-refractivity contribution in [3.05, 3.63) is 71.0 Å². The number of aryl methyl sites for hydroxylation is 2. The van der Waals surface area contributed by atoms with Crippen LogP contribution in [0, 0.1) is 12.8 Å². The van der Waals surface area contributed by atoms with Crippen LogP contribution in [0.5, 0.6) is 0 Å². The fraction of sp³-hybridized carbons (Fsp3) is 0.423. The lowest BCUT2D eigenvalue weighted by molar-refractivity contribution is -0.123. The summed E-state index contributed by atoms with van der Waals surface area (Å²) in [6, 6.07) is 16.0. The van der Waals surface area contributed by atoms with Crippen molar-refractivity contribution in [1.29, 1.82) is 0 Å². The molecular weight excluding hydrogens is 400 g/mol. The second-order valence-electron chi connectivity index (χ2n) is 9.45. The van der Waals surface area contributed by atoms with Gasteiger partial charge in [0, 0.05) is 30.0 Å². The fourth-order valence-electron chi connectivity index (χ4n) is 4.75. The molecule has 2 atom stereocenters. The standard InChI is InChI=1S/C26H30N4O2/c1-17-13-23(27-24(14-17)28-25-15-21(29-30-25)19-8-9-19)26(32)12-11-20(16-26)22(31)10-7-18-5-3-2-4-6-18/h2-6,13-15,19-20,32H,7-12,16H2,1H3,(H2,27,28,29,30)/t20-,26+/m0/s1. The average Bonchev–Trinajstić information content (AvgIpc) is 3.40. The lowest BCUT2D eigenvalue weighted by atomic mass is 9.91. The molecule has 0 amide bonds. The first-order valence-corrected chi connectivity index (χ1v) is 11.6. The Morgan fingerprint density at radius 3 is 2.75 bits per heavy atom. The number of aromatic amines is 1. The fourth-order valence-corrected chi connectivity index (χ4v) is 4.75. The highest BCUT2D eigenvalue weighted by atomic mass is 16.3. The van der Waals surface area contributed by atoms with Crippen LogP contribution in [0.1, 0.15) is 67.0 Å². The number of benzene rings is 1. The minimum Gasteiger partial charge on any atom is -0.384 e. The van der Waals surface area contributed by atoms with Crippen molar-refractivity contribution >= 4 is 17.4 Å². The van der Waals surface area contributed by atoms with E-state index in [4.69, 9.17) is 4.98 Å². The number of nitrogens with one attached hydrogen (secondary N) is 2. The van der Waals surface area contributed by atoms with Crippen molar-refractivity contribution in [1.82, 2.24) is 15.2 Å². The first kappa shape index (κ1) is 20.9. The number of hydrogen-bond donors (Lipinski definition) is 3. The van der Waals surface area contributed by atoms with Gasteiger partial charge in [0.15, 0.2) is 5.82 Å². The number of nitrogens with zero attached hydrogens (tertiary/aromatic N) is 2. The third kappa shape index (κ3) is 4.60. The second kappa shape index (κ2) is 8.51. The minimum atomic E-state index is -1.07. The van der Waals surface area contributed by atoms with E-state index in [-0.39, 0.29) is 11.7 Å². The third-order valence-electron chi connectivity index (χ3n) is 6.77. The molecular formula is C26H30N4O2. The van der Waals surface area contributed by atoms with Gasteiger partial charge in [-0.25, -0.2) is 4.98 Å². The minimum absolute atomic E-state index is 0.116. The highest BCUT2D eigenvalue weighted by Gasteiger charge is 2.42. The monoisotopic (exact) mass is 430 g/mol. The molecule has 0 aliphatic heterocycles. The molecule has 166 valence electrons. The van der Waals surface area contributed by atoms with Crippen molar-refractivity contribution in [3.8, 4) is 0 Å². The van der Waals surface area contributed by atoms with Gasteiger partial charge in [-0.1, -0.05) is 30.3 Å². The molecule has 1 aromatic carbocycles. The first-order chi connectivity index (χ1) is 15.5. The molecule has 2 saturated carbocycles. The molecule has 3 aromatic rings. The molecule has 6 nitrogen and oxygen atoms in total. The van der Waals surface area contributed by atoms with Crippen LogP contribution in [0.15, 0.2) is 48.5 Å². The number of pyridine rings is 1. The third-order valence-corrected chi connectivity index (χ3v) is 6.77. The van der Waals surface area contributed by atoms with Crippen molar-refractivity contribution < 1.29 is 9.90 Å². The predicted octanol–water partition coefficient (Wildman–Crippen LogP) is 4.92. The summed E-state index contributed by atoms with van der Waals surface area (Å²) < 4.78 is 0. The molecule has 2 fully saturated rings. The van der Waals surface area contributed by atoms with Crippen molar-refractivity contribution in [2.24, 2.45) is 5.92 Å². The summed E-state index contributed by atoms with van der Waals surface area (Å²) in [5.41, 5.74) is 2.92. The quantitative estimate of drug-likeness (QED) is 0.472. The zero-order valence-electron chi connectivity index (χ0n) is 18.5. The number of carbonyl (C=O) groups excluding carboxylic acids is 1. The Kier molecular flexibility index (Phi) is 5.55. The van der Waals surface area contributed by atoms with E-state index >= 15 is 0 Å². The van der Waals surface area contributed by atoms with E-state index in [0.717, 1.165) is 23.5 Å². The summed E-state index contributed by atoms with van der Waals surface area (Å²) in [6.45, 7) is 2.00. The highest BCUT2D eigenvalue weighted by Crippen LogP contribution is 2.43. The Balaban J connectivity index is 1.25. The van der Waals surface area contributed by atoms with Gasteiger partial charge in [0.2, 0.25) is 0 Å². The number of anilines is 2. The number of carbonyl (C=O) groups is 1. The molecule has 32 heavy (non-hydrogen) atoms. The molecule has 2 heterocycles. The van der Waals surface area contributed by atoms with Crippen LogP contribution in [-0.4, -0.2) is 26.1 Å². The Morgan fingerprint density at radius 1 is 1.16 bits per heavy atom. The maximum Gasteiger partial charge on any atom is 0.153 e. The van der Waals surface area contributed by atoms with E-state index in [9.17, 15) is 9.90 Å². The number of Topliss-reactive ketones (excluding diaryl/α,β-unsaturated/α-hetero) is 1. The van der Waals surface area contributed by atoms with Gasteiger partial charge in [-0.3, -0.25) is 9.89 Å². The number of rotatable bonds is 8. The van der Waals surface area contributed by atoms with Crippen LogP contribution in [0.2, 0.25) is 0 Å².